The Morgan fingerprint density at radius 2 is 2.10 bits per heavy atom. The van der Waals surface area contributed by atoms with Crippen LogP contribution in [0.2, 0.25) is 0 Å². The number of carbonyl (C=O) groups is 2. The van der Waals surface area contributed by atoms with Gasteiger partial charge < -0.3 is 11.1 Å². The number of anilines is 1. The summed E-state index contributed by atoms with van der Waals surface area (Å²) in [6.07, 6.45) is 0. The molecule has 0 aliphatic carbocycles. The lowest BCUT2D eigenvalue weighted by atomic mass is 10.3. The number of nitrogens with one attached hydrogen (secondary N) is 2. The number of halogens is 1. The van der Waals surface area contributed by atoms with Crippen molar-refractivity contribution in [3.63, 3.8) is 0 Å². The molecule has 0 aromatic heterocycles. The second-order valence-electron chi connectivity index (χ2n) is 3.98. The van der Waals surface area contributed by atoms with Gasteiger partial charge in [-0.25, -0.2) is 9.18 Å². The lowest BCUT2D eigenvalue weighted by Gasteiger charge is -2.12. The maximum atomic E-state index is 13.6. The Kier molecular flexibility index (Phi) is 5.63. The molecule has 2 unspecified atom stereocenters. The molecule has 0 saturated carbocycles. The van der Waals surface area contributed by atoms with Gasteiger partial charge in [-0.05, 0) is 32.0 Å². The number of rotatable bonds is 4. The second kappa shape index (κ2) is 6.99. The number of carbonyl (C=O) groups excluding carboxylic acids is 2. The fourth-order valence-corrected chi connectivity index (χ4v) is 2.47. The van der Waals surface area contributed by atoms with Crippen LogP contribution in [0.15, 0.2) is 23.1 Å². The van der Waals surface area contributed by atoms with E-state index in [1.165, 1.54) is 19.1 Å². The second-order valence-corrected chi connectivity index (χ2v) is 5.72. The maximum absolute atomic E-state index is 13.6. The highest BCUT2D eigenvalue weighted by Gasteiger charge is 2.25. The van der Waals surface area contributed by atoms with Crippen LogP contribution in [0.3, 0.4) is 0 Å². The molecule has 1 aromatic carbocycles. The number of imide groups is 1. The van der Waals surface area contributed by atoms with E-state index in [4.69, 9.17) is 5.73 Å². The lowest BCUT2D eigenvalue weighted by molar-refractivity contribution is -0.119. The Balaban J connectivity index is 2.80. The summed E-state index contributed by atoms with van der Waals surface area (Å²) in [4.78, 5) is 22.8. The molecule has 0 radical (unpaired) electrons. The summed E-state index contributed by atoms with van der Waals surface area (Å²) >= 11 is 0. The topological polar surface area (TPSA) is 101 Å². The van der Waals surface area contributed by atoms with E-state index in [-0.39, 0.29) is 10.6 Å². The van der Waals surface area contributed by atoms with E-state index in [9.17, 15) is 18.2 Å². The smallest absolute Gasteiger partial charge is 0.321 e. The van der Waals surface area contributed by atoms with Crippen LogP contribution in [-0.4, -0.2) is 27.9 Å². The molecule has 0 bridgehead atoms. The third kappa shape index (κ3) is 4.02. The molecular formula is C12H16FN3O3S. The number of hydrogen-bond donors (Lipinski definition) is 3. The number of nitrogen functional groups attached to an aromatic ring is 1. The first-order valence-electron chi connectivity index (χ1n) is 5.91. The van der Waals surface area contributed by atoms with Gasteiger partial charge in [0, 0.05) is 12.2 Å². The first-order valence-corrected chi connectivity index (χ1v) is 7.12. The monoisotopic (exact) mass is 301 g/mol. The zero-order valence-corrected chi connectivity index (χ0v) is 11.9. The fraction of sp³-hybridized carbons (Fsp3) is 0.333. The molecule has 2 atom stereocenters. The molecule has 0 heterocycles. The third-order valence-corrected chi connectivity index (χ3v) is 4.06. The van der Waals surface area contributed by atoms with Gasteiger partial charge in [0.15, 0.2) is 0 Å². The minimum atomic E-state index is -1.92. The minimum absolute atomic E-state index is 0.127. The van der Waals surface area contributed by atoms with Crippen molar-refractivity contribution in [2.24, 2.45) is 0 Å². The number of hydrogen-bond acceptors (Lipinski definition) is 4. The standard InChI is InChI=1S/C12H16FN3O3S/c1-3-15-12(18)16-11(17)7(2)20(19)10-5-4-8(14)6-9(10)13/h4-7H,3,14H2,1-2H3,(H2,15,16,17,18). The molecule has 0 spiro atoms. The predicted molar refractivity (Wildman–Crippen MR) is 73.9 cm³/mol. The zero-order chi connectivity index (χ0) is 15.3. The van der Waals surface area contributed by atoms with Crippen LogP contribution >= 0.6 is 0 Å². The lowest BCUT2D eigenvalue weighted by Crippen LogP contribution is -2.44. The van der Waals surface area contributed by atoms with Gasteiger partial charge in [0.2, 0.25) is 5.91 Å². The van der Waals surface area contributed by atoms with E-state index in [0.29, 0.717) is 6.54 Å². The molecule has 0 aliphatic rings. The molecular weight excluding hydrogens is 285 g/mol. The summed E-state index contributed by atoms with van der Waals surface area (Å²) in [5.41, 5.74) is 5.59. The molecule has 1 aromatic rings. The molecule has 1 rings (SSSR count). The third-order valence-electron chi connectivity index (χ3n) is 2.44. The number of nitrogens with two attached hydrogens (primary N) is 1. The fourth-order valence-electron chi connectivity index (χ4n) is 1.39. The average Bonchev–Trinajstić information content (AvgIpc) is 2.37. The predicted octanol–water partition coefficient (Wildman–Crippen LogP) is 0.750. The molecule has 20 heavy (non-hydrogen) atoms. The van der Waals surface area contributed by atoms with E-state index in [0.717, 1.165) is 6.07 Å². The first-order chi connectivity index (χ1) is 9.36. The van der Waals surface area contributed by atoms with Crippen molar-refractivity contribution in [1.29, 1.82) is 0 Å². The minimum Gasteiger partial charge on any atom is -0.399 e. The van der Waals surface area contributed by atoms with Crippen molar-refractivity contribution in [1.82, 2.24) is 10.6 Å². The van der Waals surface area contributed by atoms with Gasteiger partial charge >= 0.3 is 6.03 Å². The molecule has 8 heteroatoms. The Morgan fingerprint density at radius 1 is 1.45 bits per heavy atom. The van der Waals surface area contributed by atoms with Crippen LogP contribution in [0.5, 0.6) is 0 Å². The largest absolute Gasteiger partial charge is 0.399 e. The van der Waals surface area contributed by atoms with Crippen LogP contribution in [0, 0.1) is 5.82 Å². The normalized spacial score (nSPS) is 13.3. The van der Waals surface area contributed by atoms with E-state index >= 15 is 0 Å². The summed E-state index contributed by atoms with van der Waals surface area (Å²) in [5, 5.41) is 3.33. The summed E-state index contributed by atoms with van der Waals surface area (Å²) in [6.45, 7) is 3.39. The highest BCUT2D eigenvalue weighted by atomic mass is 32.2. The van der Waals surface area contributed by atoms with Gasteiger partial charge in [-0.15, -0.1) is 0 Å². The summed E-state index contributed by atoms with van der Waals surface area (Å²) in [6, 6.07) is 3.00. The highest BCUT2D eigenvalue weighted by Crippen LogP contribution is 2.18. The quantitative estimate of drug-likeness (QED) is 0.714. The van der Waals surface area contributed by atoms with Gasteiger partial charge in [0.25, 0.3) is 0 Å². The Hall–Kier alpha value is -1.96. The molecule has 0 aliphatic heterocycles. The van der Waals surface area contributed by atoms with E-state index in [1.54, 1.807) is 6.92 Å². The average molecular weight is 301 g/mol. The van der Waals surface area contributed by atoms with Gasteiger partial charge in [-0.3, -0.25) is 14.3 Å². The van der Waals surface area contributed by atoms with Crippen molar-refractivity contribution >= 4 is 28.4 Å². The number of urea groups is 1. The van der Waals surface area contributed by atoms with Crippen LogP contribution in [0.1, 0.15) is 13.8 Å². The Labute approximate surface area is 118 Å². The molecule has 4 N–H and O–H groups in total. The van der Waals surface area contributed by atoms with Crippen LogP contribution in [-0.2, 0) is 15.6 Å². The van der Waals surface area contributed by atoms with Crippen molar-refractivity contribution in [3.8, 4) is 0 Å². The summed E-state index contributed by atoms with van der Waals surface area (Å²) in [5.74, 6) is -1.49. The number of amides is 3. The first kappa shape index (κ1) is 16.1. The van der Waals surface area contributed by atoms with Crippen molar-refractivity contribution < 1.29 is 18.2 Å². The van der Waals surface area contributed by atoms with Crippen molar-refractivity contribution in [2.45, 2.75) is 24.0 Å². The number of benzene rings is 1. The Morgan fingerprint density at radius 3 is 2.65 bits per heavy atom. The van der Waals surface area contributed by atoms with Gasteiger partial charge in [-0.1, -0.05) is 0 Å². The molecule has 6 nitrogen and oxygen atoms in total. The highest BCUT2D eigenvalue weighted by molar-refractivity contribution is 7.86. The molecule has 3 amide bonds. The van der Waals surface area contributed by atoms with Crippen LogP contribution in [0.25, 0.3) is 0 Å². The van der Waals surface area contributed by atoms with E-state index < -0.39 is 33.8 Å². The summed E-state index contributed by atoms with van der Waals surface area (Å²) < 4.78 is 25.7. The van der Waals surface area contributed by atoms with Gasteiger partial charge in [0.1, 0.15) is 11.1 Å². The van der Waals surface area contributed by atoms with Gasteiger partial charge in [-0.2, -0.15) is 0 Å². The molecule has 0 fully saturated rings. The zero-order valence-electron chi connectivity index (χ0n) is 11.1. The van der Waals surface area contributed by atoms with Crippen molar-refractivity contribution in [3.05, 3.63) is 24.0 Å². The van der Waals surface area contributed by atoms with Crippen LogP contribution < -0.4 is 16.4 Å². The molecule has 0 saturated heterocycles. The van der Waals surface area contributed by atoms with Crippen LogP contribution in [0.4, 0.5) is 14.9 Å². The Bertz CT molecular complexity index is 551. The van der Waals surface area contributed by atoms with E-state index in [2.05, 4.69) is 5.32 Å². The maximum Gasteiger partial charge on any atom is 0.321 e. The SMILES string of the molecule is CCNC(=O)NC(=O)C(C)S(=O)c1ccc(N)cc1F. The van der Waals surface area contributed by atoms with Crippen molar-refractivity contribution in [2.75, 3.05) is 12.3 Å². The summed E-state index contributed by atoms with van der Waals surface area (Å²) in [7, 11) is -1.92. The van der Waals surface area contributed by atoms with E-state index in [1.807, 2.05) is 5.32 Å². The van der Waals surface area contributed by atoms with Gasteiger partial charge in [0.05, 0.1) is 15.7 Å². The molecule has 110 valence electrons.